The molecule has 3 amide bonds. The van der Waals surface area contributed by atoms with E-state index in [-0.39, 0.29) is 17.9 Å². The van der Waals surface area contributed by atoms with Crippen LogP contribution in [0.3, 0.4) is 0 Å². The second-order valence-corrected chi connectivity index (χ2v) is 10.7. The molecule has 0 saturated carbocycles. The fourth-order valence-electron chi connectivity index (χ4n) is 5.36. The van der Waals surface area contributed by atoms with Crippen molar-refractivity contribution in [3.05, 3.63) is 63.6 Å². The predicted molar refractivity (Wildman–Crippen MR) is 148 cm³/mol. The fourth-order valence-corrected chi connectivity index (χ4v) is 5.67. The molecule has 0 radical (unpaired) electrons. The third-order valence-corrected chi connectivity index (χ3v) is 8.24. The van der Waals surface area contributed by atoms with E-state index in [2.05, 4.69) is 10.2 Å². The van der Waals surface area contributed by atoms with Crippen LogP contribution in [0.4, 0.5) is 4.79 Å². The Hall–Kier alpha value is -2.48. The molecular formula is C28H36Cl2N4O3. The van der Waals surface area contributed by atoms with Gasteiger partial charge in [-0.1, -0.05) is 41.4 Å². The van der Waals surface area contributed by atoms with E-state index in [1.54, 1.807) is 24.1 Å². The van der Waals surface area contributed by atoms with Gasteiger partial charge in [0.25, 0.3) is 5.91 Å². The summed E-state index contributed by atoms with van der Waals surface area (Å²) < 4.78 is 5.41. The zero-order valence-electron chi connectivity index (χ0n) is 21.6. The lowest BCUT2D eigenvalue weighted by molar-refractivity contribution is 0.0774. The summed E-state index contributed by atoms with van der Waals surface area (Å²) in [6.45, 7) is 4.98. The summed E-state index contributed by atoms with van der Waals surface area (Å²) >= 11 is 12.6. The first kappa shape index (κ1) is 27.6. The molecule has 0 unspecified atom stereocenters. The molecule has 0 spiro atoms. The molecule has 2 aliphatic rings. The van der Waals surface area contributed by atoms with Crippen molar-refractivity contribution in [3.63, 3.8) is 0 Å². The minimum atomic E-state index is -0.0804. The zero-order valence-corrected chi connectivity index (χ0v) is 23.1. The van der Waals surface area contributed by atoms with E-state index in [1.807, 2.05) is 42.3 Å². The van der Waals surface area contributed by atoms with Gasteiger partial charge in [0.05, 0.1) is 22.7 Å². The number of carbonyl (C=O) groups is 2. The Balaban J connectivity index is 1.41. The summed E-state index contributed by atoms with van der Waals surface area (Å²) in [5.41, 5.74) is 1.61. The van der Waals surface area contributed by atoms with Crippen molar-refractivity contribution in [2.45, 2.75) is 37.6 Å². The Morgan fingerprint density at radius 3 is 2.59 bits per heavy atom. The maximum Gasteiger partial charge on any atom is 0.317 e. The largest absolute Gasteiger partial charge is 0.496 e. The fraction of sp³-hybridized carbons (Fsp3) is 0.500. The summed E-state index contributed by atoms with van der Waals surface area (Å²) in [4.78, 5) is 31.8. The number of nitrogens with one attached hydrogen (secondary N) is 1. The number of nitrogens with zero attached hydrogens (tertiary/aromatic N) is 3. The van der Waals surface area contributed by atoms with Crippen LogP contribution >= 0.6 is 23.2 Å². The number of para-hydroxylation sites is 1. The molecule has 2 aliphatic heterocycles. The van der Waals surface area contributed by atoms with Crippen molar-refractivity contribution in [1.82, 2.24) is 20.0 Å². The van der Waals surface area contributed by atoms with Crippen molar-refractivity contribution in [2.75, 3.05) is 53.4 Å². The van der Waals surface area contributed by atoms with Crippen LogP contribution in [-0.4, -0.2) is 86.1 Å². The maximum absolute atomic E-state index is 13.3. The highest BCUT2D eigenvalue weighted by atomic mass is 35.5. The third-order valence-electron chi connectivity index (χ3n) is 7.50. The number of halogens is 2. The molecule has 1 atom stereocenters. The second kappa shape index (κ2) is 12.9. The molecule has 2 fully saturated rings. The number of amides is 3. The number of likely N-dealkylation sites (N-methyl/N-ethyl adjacent to an activating group) is 1. The van der Waals surface area contributed by atoms with Crippen molar-refractivity contribution < 1.29 is 14.3 Å². The van der Waals surface area contributed by atoms with Gasteiger partial charge in [0.15, 0.2) is 0 Å². The van der Waals surface area contributed by atoms with Gasteiger partial charge >= 0.3 is 6.03 Å². The predicted octanol–water partition coefficient (Wildman–Crippen LogP) is 5.13. The standard InChI is InChI=1S/C28H36Cl2N4O3/c1-32(27(35)23-6-3-4-7-26(23)37-2)19-21(20-8-9-24(29)25(30)18-20)10-15-33-16-11-22(12-17-33)34-14-5-13-31-28(34)36/h3-4,6-9,18,21-22H,5,10-17,19H2,1-2H3,(H,31,36)/t21-/m1/s1. The highest BCUT2D eigenvalue weighted by Gasteiger charge is 2.30. The summed E-state index contributed by atoms with van der Waals surface area (Å²) in [7, 11) is 3.40. The monoisotopic (exact) mass is 546 g/mol. The van der Waals surface area contributed by atoms with E-state index in [9.17, 15) is 9.59 Å². The normalized spacial score (nSPS) is 17.8. The molecule has 0 bridgehead atoms. The molecule has 2 heterocycles. The Labute approximate surface area is 229 Å². The molecular weight excluding hydrogens is 511 g/mol. The Kier molecular flexibility index (Phi) is 9.57. The molecule has 2 saturated heterocycles. The number of carbonyl (C=O) groups excluding carboxylic acids is 2. The zero-order chi connectivity index (χ0) is 26.4. The highest BCUT2D eigenvalue weighted by Crippen LogP contribution is 2.30. The van der Waals surface area contributed by atoms with Gasteiger partial charge in [-0.2, -0.15) is 0 Å². The number of rotatable bonds is 9. The molecule has 7 nitrogen and oxygen atoms in total. The minimum absolute atomic E-state index is 0.0760. The van der Waals surface area contributed by atoms with E-state index < -0.39 is 0 Å². The number of hydrogen-bond donors (Lipinski definition) is 1. The molecule has 200 valence electrons. The quantitative estimate of drug-likeness (QED) is 0.473. The lowest BCUT2D eigenvalue weighted by Gasteiger charge is -2.40. The third kappa shape index (κ3) is 6.89. The van der Waals surface area contributed by atoms with Gasteiger partial charge in [0.1, 0.15) is 5.75 Å². The number of ether oxygens (including phenoxy) is 1. The number of hydrogen-bond acceptors (Lipinski definition) is 4. The van der Waals surface area contributed by atoms with Crippen molar-refractivity contribution in [3.8, 4) is 5.75 Å². The van der Waals surface area contributed by atoms with E-state index in [1.165, 1.54) is 0 Å². The average Bonchev–Trinajstić information content (AvgIpc) is 2.92. The molecule has 0 aromatic heterocycles. The number of benzene rings is 2. The average molecular weight is 548 g/mol. The van der Waals surface area contributed by atoms with Gasteiger partial charge in [-0.25, -0.2) is 4.79 Å². The number of piperidine rings is 1. The first-order valence-corrected chi connectivity index (χ1v) is 13.7. The van der Waals surface area contributed by atoms with Crippen molar-refractivity contribution in [1.29, 1.82) is 0 Å². The van der Waals surface area contributed by atoms with E-state index >= 15 is 0 Å². The van der Waals surface area contributed by atoms with Gasteiger partial charge in [-0.15, -0.1) is 0 Å². The Morgan fingerprint density at radius 2 is 1.89 bits per heavy atom. The molecule has 1 N–H and O–H groups in total. The highest BCUT2D eigenvalue weighted by molar-refractivity contribution is 6.42. The van der Waals surface area contributed by atoms with Crippen LogP contribution in [0.15, 0.2) is 42.5 Å². The SMILES string of the molecule is COc1ccccc1C(=O)N(C)C[C@@H](CCN1CCC(N2CCCNC2=O)CC1)c1ccc(Cl)c(Cl)c1. The lowest BCUT2D eigenvalue weighted by atomic mass is 9.93. The first-order chi connectivity index (χ1) is 17.9. The van der Waals surface area contributed by atoms with E-state index in [0.29, 0.717) is 33.9 Å². The molecule has 0 aliphatic carbocycles. The molecule has 4 rings (SSSR count). The number of urea groups is 1. The topological polar surface area (TPSA) is 65.1 Å². The van der Waals surface area contributed by atoms with Crippen LogP contribution < -0.4 is 10.1 Å². The van der Waals surface area contributed by atoms with Gasteiger partial charge in [0.2, 0.25) is 0 Å². The Bertz CT molecular complexity index is 1090. The number of methoxy groups -OCH3 is 1. The van der Waals surface area contributed by atoms with Crippen LogP contribution in [-0.2, 0) is 0 Å². The van der Waals surface area contributed by atoms with Crippen LogP contribution in [0.5, 0.6) is 5.75 Å². The van der Waals surface area contributed by atoms with Crippen LogP contribution in [0, 0.1) is 0 Å². The first-order valence-electron chi connectivity index (χ1n) is 13.0. The van der Waals surface area contributed by atoms with Crippen molar-refractivity contribution in [2.24, 2.45) is 0 Å². The van der Waals surface area contributed by atoms with Crippen LogP contribution in [0.1, 0.15) is 47.5 Å². The Morgan fingerprint density at radius 1 is 1.14 bits per heavy atom. The summed E-state index contributed by atoms with van der Waals surface area (Å²) in [5.74, 6) is 0.572. The lowest BCUT2D eigenvalue weighted by Crippen LogP contribution is -2.54. The smallest absolute Gasteiger partial charge is 0.317 e. The maximum atomic E-state index is 13.3. The molecule has 2 aromatic rings. The van der Waals surface area contributed by atoms with Gasteiger partial charge in [-0.3, -0.25) is 4.79 Å². The summed E-state index contributed by atoms with van der Waals surface area (Å²) in [6.07, 6.45) is 3.85. The van der Waals surface area contributed by atoms with Crippen LogP contribution in [0.25, 0.3) is 0 Å². The summed E-state index contributed by atoms with van der Waals surface area (Å²) in [5, 5.41) is 4.00. The van der Waals surface area contributed by atoms with Crippen molar-refractivity contribution >= 4 is 35.1 Å². The van der Waals surface area contributed by atoms with Gasteiger partial charge in [-0.05, 0) is 62.1 Å². The second-order valence-electron chi connectivity index (χ2n) is 9.90. The minimum Gasteiger partial charge on any atom is -0.496 e. The van der Waals surface area contributed by atoms with Gasteiger partial charge in [0, 0.05) is 51.7 Å². The summed E-state index contributed by atoms with van der Waals surface area (Å²) in [6, 6.07) is 13.4. The molecule has 2 aromatic carbocycles. The van der Waals surface area contributed by atoms with Gasteiger partial charge < -0.3 is 24.8 Å². The number of likely N-dealkylation sites (tertiary alicyclic amines) is 1. The van der Waals surface area contributed by atoms with E-state index in [0.717, 1.165) is 64.0 Å². The molecule has 9 heteroatoms. The van der Waals surface area contributed by atoms with E-state index in [4.69, 9.17) is 27.9 Å². The molecule has 37 heavy (non-hydrogen) atoms. The van der Waals surface area contributed by atoms with Crippen LogP contribution in [0.2, 0.25) is 10.0 Å².